The fraction of sp³-hybridized carbons (Fsp3) is 0.344. The number of fused-ring (bicyclic) bond motifs is 1. The number of benzene rings is 3. The van der Waals surface area contributed by atoms with Crippen molar-refractivity contribution in [1.29, 1.82) is 0 Å². The second kappa shape index (κ2) is 12.6. The summed E-state index contributed by atoms with van der Waals surface area (Å²) in [5, 5.41) is 1.29. The van der Waals surface area contributed by atoms with Gasteiger partial charge in [-0.25, -0.2) is 15.5 Å². The van der Waals surface area contributed by atoms with Crippen LogP contribution in [0.1, 0.15) is 50.7 Å². The van der Waals surface area contributed by atoms with Gasteiger partial charge in [0, 0.05) is 17.5 Å². The summed E-state index contributed by atoms with van der Waals surface area (Å²) in [4.78, 5) is 0. The van der Waals surface area contributed by atoms with Gasteiger partial charge in [0.1, 0.15) is 7.05 Å². The number of rotatable bonds is 8. The average molecular weight is 452 g/mol. The maximum absolute atomic E-state index is 2.39. The maximum Gasteiger partial charge on any atom is 0.212 e. The van der Waals surface area contributed by atoms with E-state index in [0.717, 1.165) is 0 Å². The summed E-state index contributed by atoms with van der Waals surface area (Å²) < 4.78 is 2.12. The lowest BCUT2D eigenvalue weighted by Crippen LogP contribution is -2.58. The van der Waals surface area contributed by atoms with E-state index in [4.69, 9.17) is 0 Å². The van der Waals surface area contributed by atoms with Crippen LogP contribution in [0.3, 0.4) is 0 Å². The Labute approximate surface area is 207 Å². The van der Waals surface area contributed by atoms with Crippen LogP contribution < -0.4 is 15.5 Å². The van der Waals surface area contributed by atoms with E-state index in [-0.39, 0.29) is 0 Å². The molecule has 0 spiro atoms. The molecule has 0 saturated carbocycles. The summed E-state index contributed by atoms with van der Waals surface area (Å²) in [7, 11) is 2.06. The molecule has 34 heavy (non-hydrogen) atoms. The highest BCUT2D eigenvalue weighted by molar-refractivity contribution is 7.02. The number of aromatic nitrogens is 1. The van der Waals surface area contributed by atoms with Crippen LogP contribution in [0.25, 0.3) is 10.9 Å². The zero-order chi connectivity index (χ0) is 24.4. The molecule has 178 valence electrons. The lowest BCUT2D eigenvalue weighted by atomic mass is 9.15. The third-order valence-electron chi connectivity index (χ3n) is 7.43. The van der Waals surface area contributed by atoms with Crippen molar-refractivity contribution >= 4 is 28.0 Å². The standard InChI is InChI=1S/C22H32B.C10H10N/c1-5-7-17-23(18-8-6-2,21-13-9-19(3)10-14-21)22-15-11-20(4)12-16-22;1-11-8-4-6-9-5-2-3-7-10(9)11/h9-16H,5-8,17-18H2,1-4H3;2-8H,1H3/q-1;+1. The SMILES string of the molecule is CCCC[B-](CCCC)(c1ccc(C)cc1)c1ccc(C)cc1.C[n+]1cccc2ccccc21. The van der Waals surface area contributed by atoms with Crippen LogP contribution in [0.5, 0.6) is 0 Å². The van der Waals surface area contributed by atoms with Gasteiger partial charge in [-0.15, -0.1) is 0 Å². The fourth-order valence-electron chi connectivity index (χ4n) is 5.28. The highest BCUT2D eigenvalue weighted by Crippen LogP contribution is 2.23. The van der Waals surface area contributed by atoms with Crippen molar-refractivity contribution in [2.75, 3.05) is 0 Å². The highest BCUT2D eigenvalue weighted by atomic mass is 14.9. The van der Waals surface area contributed by atoms with E-state index in [2.05, 4.69) is 130 Å². The first-order valence-corrected chi connectivity index (χ1v) is 13.2. The highest BCUT2D eigenvalue weighted by Gasteiger charge is 2.26. The lowest BCUT2D eigenvalue weighted by Gasteiger charge is -2.42. The quantitative estimate of drug-likeness (QED) is 0.198. The molecule has 0 bridgehead atoms. The van der Waals surface area contributed by atoms with Crippen LogP contribution in [-0.4, -0.2) is 6.15 Å². The number of nitrogens with zero attached hydrogens (tertiary/aromatic N) is 1. The molecule has 0 fully saturated rings. The Balaban J connectivity index is 0.000000243. The maximum atomic E-state index is 2.39. The molecule has 1 heterocycles. The van der Waals surface area contributed by atoms with Gasteiger partial charge in [0.25, 0.3) is 0 Å². The number of hydrogen-bond acceptors (Lipinski definition) is 0. The van der Waals surface area contributed by atoms with Crippen molar-refractivity contribution in [3.05, 3.63) is 102 Å². The summed E-state index contributed by atoms with van der Waals surface area (Å²) in [6.07, 6.45) is 9.20. The lowest BCUT2D eigenvalue weighted by molar-refractivity contribution is -0.644. The Morgan fingerprint density at radius 2 is 1.09 bits per heavy atom. The molecule has 0 aliphatic carbocycles. The van der Waals surface area contributed by atoms with E-state index in [1.54, 1.807) is 10.9 Å². The Morgan fingerprint density at radius 3 is 1.56 bits per heavy atom. The van der Waals surface area contributed by atoms with Gasteiger partial charge in [0.05, 0.1) is 6.15 Å². The molecule has 0 atom stereocenters. The van der Waals surface area contributed by atoms with Gasteiger partial charge >= 0.3 is 0 Å². The molecule has 4 rings (SSSR count). The Morgan fingerprint density at radius 1 is 0.618 bits per heavy atom. The molecule has 0 radical (unpaired) electrons. The predicted molar refractivity (Wildman–Crippen MR) is 152 cm³/mol. The first-order chi connectivity index (χ1) is 16.5. The van der Waals surface area contributed by atoms with E-state index >= 15 is 0 Å². The minimum atomic E-state index is -0.640. The Hall–Kier alpha value is -2.87. The van der Waals surface area contributed by atoms with Crippen LogP contribution in [-0.2, 0) is 7.05 Å². The van der Waals surface area contributed by atoms with Crippen molar-refractivity contribution in [3.8, 4) is 0 Å². The van der Waals surface area contributed by atoms with Crippen molar-refractivity contribution in [1.82, 2.24) is 0 Å². The van der Waals surface area contributed by atoms with Crippen molar-refractivity contribution < 1.29 is 4.57 Å². The zero-order valence-electron chi connectivity index (χ0n) is 21.9. The summed E-state index contributed by atoms with van der Waals surface area (Å²) in [5.41, 5.74) is 7.10. The van der Waals surface area contributed by atoms with Crippen molar-refractivity contribution in [2.45, 2.75) is 66.0 Å². The molecule has 0 aliphatic rings. The predicted octanol–water partition coefficient (Wildman–Crippen LogP) is 7.13. The second-order valence-corrected chi connectivity index (χ2v) is 10.0. The summed E-state index contributed by atoms with van der Waals surface area (Å²) in [6, 6.07) is 31.3. The van der Waals surface area contributed by atoms with E-state index in [1.807, 2.05) is 0 Å². The zero-order valence-corrected chi connectivity index (χ0v) is 21.9. The third kappa shape index (κ3) is 6.38. The first kappa shape index (κ1) is 25.8. The van der Waals surface area contributed by atoms with Gasteiger partial charge in [-0.3, -0.25) is 0 Å². The van der Waals surface area contributed by atoms with Crippen molar-refractivity contribution in [3.63, 3.8) is 0 Å². The van der Waals surface area contributed by atoms with E-state index in [1.165, 1.54) is 60.4 Å². The van der Waals surface area contributed by atoms with E-state index < -0.39 is 6.15 Å². The van der Waals surface area contributed by atoms with Gasteiger partial charge in [-0.2, -0.15) is 12.6 Å². The molecule has 0 unspecified atom stereocenters. The van der Waals surface area contributed by atoms with Gasteiger partial charge in [-0.05, 0) is 26.0 Å². The van der Waals surface area contributed by atoms with Crippen LogP contribution in [0.15, 0.2) is 91.1 Å². The molecular formula is C32H42BN. The molecule has 3 aromatic carbocycles. The first-order valence-electron chi connectivity index (χ1n) is 13.2. The van der Waals surface area contributed by atoms with Crippen LogP contribution >= 0.6 is 0 Å². The topological polar surface area (TPSA) is 3.88 Å². The monoisotopic (exact) mass is 451 g/mol. The molecule has 0 N–H and O–H groups in total. The van der Waals surface area contributed by atoms with Gasteiger partial charge in [0.2, 0.25) is 5.52 Å². The van der Waals surface area contributed by atoms with Gasteiger partial charge in [-0.1, -0.05) is 111 Å². The largest absolute Gasteiger partial charge is 0.212 e. The number of hydrogen-bond donors (Lipinski definition) is 0. The van der Waals surface area contributed by atoms with Crippen LogP contribution in [0, 0.1) is 13.8 Å². The number of aryl methyl sites for hydroxylation is 3. The molecule has 2 heteroatoms. The Bertz CT molecular complexity index is 1080. The third-order valence-corrected chi connectivity index (χ3v) is 7.43. The Kier molecular flexibility index (Phi) is 9.51. The van der Waals surface area contributed by atoms with Gasteiger partial charge < -0.3 is 0 Å². The summed E-state index contributed by atoms with van der Waals surface area (Å²) >= 11 is 0. The van der Waals surface area contributed by atoms with E-state index in [0.29, 0.717) is 0 Å². The van der Waals surface area contributed by atoms with Crippen molar-refractivity contribution in [2.24, 2.45) is 7.05 Å². The summed E-state index contributed by atoms with van der Waals surface area (Å²) in [5.74, 6) is 0. The molecular weight excluding hydrogens is 409 g/mol. The second-order valence-electron chi connectivity index (χ2n) is 10.0. The number of unbranched alkanes of at least 4 members (excludes halogenated alkanes) is 2. The summed E-state index contributed by atoms with van der Waals surface area (Å²) in [6.45, 7) is 8.99. The molecule has 1 nitrogen and oxygen atoms in total. The molecule has 1 aromatic heterocycles. The van der Waals surface area contributed by atoms with Gasteiger partial charge in [0.15, 0.2) is 6.20 Å². The van der Waals surface area contributed by atoms with E-state index in [9.17, 15) is 0 Å². The van der Waals surface area contributed by atoms with Crippen LogP contribution in [0.4, 0.5) is 0 Å². The number of para-hydroxylation sites is 1. The average Bonchev–Trinajstić information content (AvgIpc) is 2.86. The normalized spacial score (nSPS) is 11.2. The minimum absolute atomic E-state index is 0.640. The minimum Gasteiger partial charge on any atom is -0.205 e. The smallest absolute Gasteiger partial charge is 0.205 e. The fourth-order valence-corrected chi connectivity index (χ4v) is 5.28. The molecule has 0 aliphatic heterocycles. The van der Waals surface area contributed by atoms with Crippen LogP contribution in [0.2, 0.25) is 12.6 Å². The number of pyridine rings is 1. The molecule has 4 aromatic rings. The molecule has 0 saturated heterocycles. The molecule has 0 amide bonds.